The Morgan fingerprint density at radius 3 is 2.62 bits per heavy atom. The summed E-state index contributed by atoms with van der Waals surface area (Å²) in [7, 11) is 0. The van der Waals surface area contributed by atoms with Crippen LogP contribution in [0, 0.1) is 10.7 Å². The SMILES string of the molecule is OC(C#C[Se]c1ccccc1)c1cccs1. The Labute approximate surface area is 105 Å². The fourth-order valence-electron chi connectivity index (χ4n) is 1.15. The average molecular weight is 293 g/mol. The first-order valence-electron chi connectivity index (χ1n) is 4.80. The Balaban J connectivity index is 1.96. The van der Waals surface area contributed by atoms with Crippen LogP contribution in [0.1, 0.15) is 11.0 Å². The van der Waals surface area contributed by atoms with E-state index in [-0.39, 0.29) is 15.0 Å². The first-order chi connectivity index (χ1) is 7.86. The summed E-state index contributed by atoms with van der Waals surface area (Å²) in [5.74, 6) is 2.88. The van der Waals surface area contributed by atoms with Crippen LogP contribution in [0.5, 0.6) is 0 Å². The monoisotopic (exact) mass is 294 g/mol. The van der Waals surface area contributed by atoms with E-state index in [1.54, 1.807) is 0 Å². The van der Waals surface area contributed by atoms with Crippen LogP contribution in [0.15, 0.2) is 47.8 Å². The van der Waals surface area contributed by atoms with E-state index in [0.29, 0.717) is 0 Å². The summed E-state index contributed by atoms with van der Waals surface area (Å²) in [4.78, 5) is 3.97. The summed E-state index contributed by atoms with van der Waals surface area (Å²) in [6, 6.07) is 14.0. The van der Waals surface area contributed by atoms with E-state index in [4.69, 9.17) is 0 Å². The number of benzene rings is 1. The fraction of sp³-hybridized carbons (Fsp3) is 0.0769. The zero-order valence-corrected chi connectivity index (χ0v) is 11.0. The third-order valence-electron chi connectivity index (χ3n) is 1.92. The summed E-state index contributed by atoms with van der Waals surface area (Å²) >= 11 is 1.66. The molecule has 0 saturated heterocycles. The molecule has 1 heterocycles. The molecular weight excluding hydrogens is 283 g/mol. The van der Waals surface area contributed by atoms with E-state index < -0.39 is 6.10 Å². The van der Waals surface area contributed by atoms with Crippen molar-refractivity contribution in [2.45, 2.75) is 6.10 Å². The van der Waals surface area contributed by atoms with Gasteiger partial charge in [0.1, 0.15) is 0 Å². The second-order valence-electron chi connectivity index (χ2n) is 3.08. The van der Waals surface area contributed by atoms with Gasteiger partial charge in [-0.2, -0.15) is 0 Å². The van der Waals surface area contributed by atoms with Crippen LogP contribution in [-0.2, 0) is 0 Å². The van der Waals surface area contributed by atoms with Gasteiger partial charge in [-0.05, 0) is 0 Å². The van der Waals surface area contributed by atoms with Crippen LogP contribution in [0.3, 0.4) is 0 Å². The molecular formula is C13H10OSSe. The molecule has 0 aliphatic heterocycles. The number of aliphatic hydroxyl groups is 1. The van der Waals surface area contributed by atoms with Gasteiger partial charge in [0.05, 0.1) is 0 Å². The quantitative estimate of drug-likeness (QED) is 0.661. The van der Waals surface area contributed by atoms with Crippen molar-refractivity contribution in [3.8, 4) is 10.7 Å². The van der Waals surface area contributed by atoms with Crippen molar-refractivity contribution in [2.75, 3.05) is 0 Å². The van der Waals surface area contributed by atoms with Crippen LogP contribution < -0.4 is 4.46 Å². The molecule has 1 aromatic heterocycles. The van der Waals surface area contributed by atoms with E-state index in [0.717, 1.165) is 4.88 Å². The van der Waals surface area contributed by atoms with Gasteiger partial charge in [0.15, 0.2) is 0 Å². The molecule has 80 valence electrons. The first kappa shape index (κ1) is 11.4. The summed E-state index contributed by atoms with van der Waals surface area (Å²) in [6.07, 6.45) is -0.634. The van der Waals surface area contributed by atoms with Crippen molar-refractivity contribution in [3.05, 3.63) is 52.7 Å². The third kappa shape index (κ3) is 3.23. The normalized spacial score (nSPS) is 11.6. The Hall–Kier alpha value is -1.04. The molecule has 0 amide bonds. The maximum absolute atomic E-state index is 9.73. The average Bonchev–Trinajstić information content (AvgIpc) is 2.84. The molecule has 2 rings (SSSR count). The first-order valence-corrected chi connectivity index (χ1v) is 7.39. The number of hydrogen-bond acceptors (Lipinski definition) is 2. The standard InChI is InChI=1S/C13H10OSSe/c14-12(13-7-4-9-15-13)8-10-16-11-5-2-1-3-6-11/h1-7,9,12,14H. The fourth-order valence-corrected chi connectivity index (χ4v) is 3.03. The number of thiophene rings is 1. The van der Waals surface area contributed by atoms with E-state index in [1.165, 1.54) is 15.8 Å². The number of hydrogen-bond donors (Lipinski definition) is 1. The van der Waals surface area contributed by atoms with E-state index >= 15 is 0 Å². The molecule has 3 heteroatoms. The van der Waals surface area contributed by atoms with Crippen molar-refractivity contribution in [3.63, 3.8) is 0 Å². The van der Waals surface area contributed by atoms with Crippen molar-refractivity contribution < 1.29 is 5.11 Å². The molecule has 1 unspecified atom stereocenters. The van der Waals surface area contributed by atoms with Gasteiger partial charge in [0, 0.05) is 0 Å². The van der Waals surface area contributed by atoms with E-state index in [1.807, 2.05) is 35.7 Å². The molecule has 1 nitrogen and oxygen atoms in total. The molecule has 0 saturated carbocycles. The Kier molecular flexibility index (Phi) is 4.21. The van der Waals surface area contributed by atoms with Crippen LogP contribution in [0.25, 0.3) is 0 Å². The Morgan fingerprint density at radius 1 is 1.12 bits per heavy atom. The molecule has 0 aliphatic rings. The van der Waals surface area contributed by atoms with Crippen molar-refractivity contribution in [2.24, 2.45) is 0 Å². The van der Waals surface area contributed by atoms with Crippen molar-refractivity contribution in [1.82, 2.24) is 0 Å². The van der Waals surface area contributed by atoms with Crippen LogP contribution in [0.2, 0.25) is 0 Å². The van der Waals surface area contributed by atoms with E-state index in [9.17, 15) is 5.11 Å². The van der Waals surface area contributed by atoms with Gasteiger partial charge in [-0.25, -0.2) is 0 Å². The predicted molar refractivity (Wildman–Crippen MR) is 68.9 cm³/mol. The molecule has 0 spiro atoms. The second kappa shape index (κ2) is 5.88. The van der Waals surface area contributed by atoms with Gasteiger partial charge >= 0.3 is 105 Å². The number of rotatable bonds is 2. The zero-order valence-electron chi connectivity index (χ0n) is 8.46. The number of aliphatic hydroxyl groups excluding tert-OH is 1. The minimum absolute atomic E-state index is 0.125. The van der Waals surface area contributed by atoms with Gasteiger partial charge in [-0.1, -0.05) is 0 Å². The van der Waals surface area contributed by atoms with Crippen molar-refractivity contribution >= 4 is 30.8 Å². The molecule has 0 aliphatic carbocycles. The minimum atomic E-state index is -0.634. The molecule has 1 aromatic carbocycles. The molecule has 1 N–H and O–H groups in total. The van der Waals surface area contributed by atoms with Gasteiger partial charge in [0.25, 0.3) is 0 Å². The molecule has 0 fully saturated rings. The van der Waals surface area contributed by atoms with Gasteiger partial charge < -0.3 is 0 Å². The van der Waals surface area contributed by atoms with Crippen LogP contribution in [0.4, 0.5) is 0 Å². The van der Waals surface area contributed by atoms with Gasteiger partial charge in [0.2, 0.25) is 0 Å². The summed E-state index contributed by atoms with van der Waals surface area (Å²) in [5.41, 5.74) is 0. The molecule has 2 aromatic rings. The van der Waals surface area contributed by atoms with Crippen LogP contribution >= 0.6 is 11.3 Å². The molecule has 16 heavy (non-hydrogen) atoms. The van der Waals surface area contributed by atoms with Gasteiger partial charge in [-0.3, -0.25) is 0 Å². The van der Waals surface area contributed by atoms with Gasteiger partial charge in [-0.15, -0.1) is 0 Å². The molecule has 1 atom stereocenters. The van der Waals surface area contributed by atoms with Crippen molar-refractivity contribution in [1.29, 1.82) is 0 Å². The summed E-state index contributed by atoms with van der Waals surface area (Å²) < 4.78 is 1.24. The third-order valence-corrected chi connectivity index (χ3v) is 4.37. The molecule has 0 bridgehead atoms. The van der Waals surface area contributed by atoms with E-state index in [2.05, 4.69) is 22.9 Å². The predicted octanol–water partition coefficient (Wildman–Crippen LogP) is 1.77. The Morgan fingerprint density at radius 2 is 1.94 bits per heavy atom. The maximum atomic E-state index is 9.73. The topological polar surface area (TPSA) is 20.2 Å². The molecule has 0 radical (unpaired) electrons. The summed E-state index contributed by atoms with van der Waals surface area (Å²) in [6.45, 7) is 0. The second-order valence-corrected chi connectivity index (χ2v) is 5.90. The zero-order chi connectivity index (χ0) is 11.2. The van der Waals surface area contributed by atoms with Crippen LogP contribution in [-0.4, -0.2) is 20.1 Å². The Bertz CT molecular complexity index is 482. The summed E-state index contributed by atoms with van der Waals surface area (Å²) in [5, 5.41) is 11.7.